The molecule has 2 rings (SSSR count). The molecule has 2 heterocycles. The highest BCUT2D eigenvalue weighted by Crippen LogP contribution is 2.16. The van der Waals surface area contributed by atoms with Gasteiger partial charge in [-0.15, -0.1) is 0 Å². The van der Waals surface area contributed by atoms with Gasteiger partial charge in [0.25, 0.3) is 9.05 Å². The highest BCUT2D eigenvalue weighted by molar-refractivity contribution is 8.13. The molecule has 15 heavy (non-hydrogen) atoms. The largest absolute Gasteiger partial charge is 0.376 e. The van der Waals surface area contributed by atoms with Gasteiger partial charge in [0, 0.05) is 23.5 Å². The number of ether oxygens (including phenoxy) is 1. The van der Waals surface area contributed by atoms with Gasteiger partial charge in [0.1, 0.15) is 4.90 Å². The van der Waals surface area contributed by atoms with Gasteiger partial charge in [0.05, 0.1) is 18.8 Å². The van der Waals surface area contributed by atoms with Crippen molar-refractivity contribution in [1.82, 2.24) is 9.78 Å². The number of nitrogens with zero attached hydrogens (tertiary/aromatic N) is 2. The van der Waals surface area contributed by atoms with Gasteiger partial charge in [0.2, 0.25) is 0 Å². The highest BCUT2D eigenvalue weighted by atomic mass is 35.7. The van der Waals surface area contributed by atoms with Crippen molar-refractivity contribution in [1.29, 1.82) is 0 Å². The van der Waals surface area contributed by atoms with Gasteiger partial charge in [-0.05, 0) is 12.8 Å². The van der Waals surface area contributed by atoms with E-state index in [4.69, 9.17) is 15.4 Å². The predicted octanol–water partition coefficient (Wildman–Crippen LogP) is 0.990. The minimum absolute atomic E-state index is 0.0298. The van der Waals surface area contributed by atoms with Gasteiger partial charge in [-0.3, -0.25) is 4.68 Å². The molecule has 1 aliphatic heterocycles. The Morgan fingerprint density at radius 3 is 3.00 bits per heavy atom. The lowest BCUT2D eigenvalue weighted by atomic mass is 10.2. The summed E-state index contributed by atoms with van der Waals surface area (Å²) in [6.07, 6.45) is 4.84. The van der Waals surface area contributed by atoms with Gasteiger partial charge in [0.15, 0.2) is 0 Å². The predicted molar refractivity (Wildman–Crippen MR) is 54.2 cm³/mol. The quantitative estimate of drug-likeness (QED) is 0.751. The zero-order valence-corrected chi connectivity index (χ0v) is 9.54. The van der Waals surface area contributed by atoms with E-state index in [-0.39, 0.29) is 11.0 Å². The van der Waals surface area contributed by atoms with Crippen molar-refractivity contribution in [2.75, 3.05) is 6.61 Å². The average molecular weight is 251 g/mol. The molecule has 0 radical (unpaired) electrons. The van der Waals surface area contributed by atoms with Crippen LogP contribution < -0.4 is 0 Å². The smallest absolute Gasteiger partial charge is 0.264 e. The molecule has 1 atom stereocenters. The zero-order chi connectivity index (χ0) is 10.9. The standard InChI is InChI=1S/C8H11ClN2O3S/c9-15(12,13)8-4-10-11(6-8)5-7-2-1-3-14-7/h4,6-7H,1-3,5H2. The third-order valence-electron chi connectivity index (χ3n) is 2.31. The Kier molecular flexibility index (Phi) is 2.99. The van der Waals surface area contributed by atoms with Crippen LogP contribution in [0.25, 0.3) is 0 Å². The maximum absolute atomic E-state index is 11.0. The molecule has 1 saturated heterocycles. The van der Waals surface area contributed by atoms with Crippen LogP contribution in [0.2, 0.25) is 0 Å². The van der Waals surface area contributed by atoms with Crippen LogP contribution in [0.15, 0.2) is 17.3 Å². The summed E-state index contributed by atoms with van der Waals surface area (Å²) in [5.74, 6) is 0. The molecule has 5 nitrogen and oxygen atoms in total. The first-order valence-electron chi connectivity index (χ1n) is 4.64. The van der Waals surface area contributed by atoms with Gasteiger partial charge < -0.3 is 4.74 Å². The van der Waals surface area contributed by atoms with Gasteiger partial charge in [-0.1, -0.05) is 0 Å². The van der Waals surface area contributed by atoms with Gasteiger partial charge >= 0.3 is 0 Å². The Morgan fingerprint density at radius 1 is 1.67 bits per heavy atom. The SMILES string of the molecule is O=S(=O)(Cl)c1cnn(CC2CCCO2)c1. The first-order valence-corrected chi connectivity index (χ1v) is 6.95. The summed E-state index contributed by atoms with van der Waals surface area (Å²) in [7, 11) is 1.51. The molecule has 1 aromatic heterocycles. The molecule has 1 fully saturated rings. The van der Waals surface area contributed by atoms with Crippen LogP contribution in [0.4, 0.5) is 0 Å². The molecule has 0 aromatic carbocycles. The molecule has 1 aliphatic rings. The van der Waals surface area contributed by atoms with Crippen LogP contribution in [0.3, 0.4) is 0 Å². The first kappa shape index (κ1) is 10.9. The van der Waals surface area contributed by atoms with E-state index in [2.05, 4.69) is 5.10 Å². The van der Waals surface area contributed by atoms with Crippen LogP contribution >= 0.6 is 10.7 Å². The summed E-state index contributed by atoms with van der Waals surface area (Å²) in [6.45, 7) is 1.35. The van der Waals surface area contributed by atoms with Crippen LogP contribution in [-0.2, 0) is 20.3 Å². The van der Waals surface area contributed by atoms with Crippen molar-refractivity contribution in [3.05, 3.63) is 12.4 Å². The second kappa shape index (κ2) is 4.11. The molecular weight excluding hydrogens is 240 g/mol. The number of hydrogen-bond acceptors (Lipinski definition) is 4. The maximum atomic E-state index is 11.0. The molecule has 0 saturated carbocycles. The Morgan fingerprint density at radius 2 is 2.47 bits per heavy atom. The summed E-state index contributed by atoms with van der Waals surface area (Å²) in [6, 6.07) is 0. The molecule has 0 amide bonds. The lowest BCUT2D eigenvalue weighted by molar-refractivity contribution is 0.0939. The van der Waals surface area contributed by atoms with E-state index in [0.717, 1.165) is 19.4 Å². The maximum Gasteiger partial charge on any atom is 0.264 e. The fourth-order valence-electron chi connectivity index (χ4n) is 1.57. The van der Waals surface area contributed by atoms with Crippen molar-refractivity contribution in [3.63, 3.8) is 0 Å². The van der Waals surface area contributed by atoms with Crippen LogP contribution in [0.5, 0.6) is 0 Å². The summed E-state index contributed by atoms with van der Waals surface area (Å²) < 4.78 is 28.9. The third kappa shape index (κ3) is 2.70. The molecule has 0 N–H and O–H groups in total. The Hall–Kier alpha value is -0.590. The van der Waals surface area contributed by atoms with Crippen LogP contribution in [0, 0.1) is 0 Å². The van der Waals surface area contributed by atoms with Crippen LogP contribution in [0.1, 0.15) is 12.8 Å². The number of halogens is 1. The fourth-order valence-corrected chi connectivity index (χ4v) is 2.23. The molecular formula is C8H11ClN2O3S. The number of aromatic nitrogens is 2. The topological polar surface area (TPSA) is 61.2 Å². The monoisotopic (exact) mass is 250 g/mol. The molecule has 7 heteroatoms. The minimum Gasteiger partial charge on any atom is -0.376 e. The summed E-state index contributed by atoms with van der Waals surface area (Å²) in [4.78, 5) is 0.0298. The molecule has 84 valence electrons. The van der Waals surface area contributed by atoms with E-state index >= 15 is 0 Å². The van der Waals surface area contributed by atoms with Crippen molar-refractivity contribution < 1.29 is 13.2 Å². The molecule has 0 aliphatic carbocycles. The van der Waals surface area contributed by atoms with Crippen molar-refractivity contribution in [2.24, 2.45) is 0 Å². The third-order valence-corrected chi connectivity index (χ3v) is 3.61. The zero-order valence-electron chi connectivity index (χ0n) is 7.97. The normalized spacial score (nSPS) is 22.1. The Balaban J connectivity index is 2.07. The molecule has 1 aromatic rings. The lowest BCUT2D eigenvalue weighted by Crippen LogP contribution is -2.15. The fraction of sp³-hybridized carbons (Fsp3) is 0.625. The Bertz CT molecular complexity index is 436. The summed E-state index contributed by atoms with van der Waals surface area (Å²) >= 11 is 0. The van der Waals surface area contributed by atoms with E-state index in [1.165, 1.54) is 12.4 Å². The summed E-state index contributed by atoms with van der Waals surface area (Å²) in [5.41, 5.74) is 0. The van der Waals surface area contributed by atoms with Crippen LogP contribution in [-0.4, -0.2) is 30.9 Å². The van der Waals surface area contributed by atoms with Crippen molar-refractivity contribution in [2.45, 2.75) is 30.4 Å². The lowest BCUT2D eigenvalue weighted by Gasteiger charge is -2.08. The van der Waals surface area contributed by atoms with Gasteiger partial charge in [-0.2, -0.15) is 5.10 Å². The summed E-state index contributed by atoms with van der Waals surface area (Å²) in [5, 5.41) is 3.92. The van der Waals surface area contributed by atoms with E-state index in [1.54, 1.807) is 4.68 Å². The minimum atomic E-state index is -3.67. The second-order valence-electron chi connectivity index (χ2n) is 3.47. The van der Waals surface area contributed by atoms with Crippen molar-refractivity contribution >= 4 is 19.7 Å². The number of hydrogen-bond donors (Lipinski definition) is 0. The molecule has 0 bridgehead atoms. The number of rotatable bonds is 3. The molecule has 1 unspecified atom stereocenters. The van der Waals surface area contributed by atoms with Gasteiger partial charge in [-0.25, -0.2) is 8.42 Å². The second-order valence-corrected chi connectivity index (χ2v) is 6.04. The van der Waals surface area contributed by atoms with E-state index in [9.17, 15) is 8.42 Å². The molecule has 0 spiro atoms. The first-order chi connectivity index (χ1) is 7.05. The average Bonchev–Trinajstić information content (AvgIpc) is 2.73. The Labute approximate surface area is 92.4 Å². The van der Waals surface area contributed by atoms with E-state index < -0.39 is 9.05 Å². The van der Waals surface area contributed by atoms with Crippen molar-refractivity contribution in [3.8, 4) is 0 Å². The van der Waals surface area contributed by atoms with E-state index in [0.29, 0.717) is 6.54 Å². The van der Waals surface area contributed by atoms with E-state index in [1.807, 2.05) is 0 Å². The highest BCUT2D eigenvalue weighted by Gasteiger charge is 2.18.